The number of rotatable bonds is 7. The third-order valence-electron chi connectivity index (χ3n) is 2.13. The molecule has 0 saturated heterocycles. The second-order valence-corrected chi connectivity index (χ2v) is 3.47. The Bertz CT molecular complexity index is 217. The number of hydrogen-bond acceptors (Lipinski definition) is 2. The van der Waals surface area contributed by atoms with Crippen molar-refractivity contribution in [2.75, 3.05) is 0 Å². The first kappa shape index (κ1) is 14.1. The minimum Gasteiger partial charge on any atom is -0.390 e. The zero-order chi connectivity index (χ0) is 11.5. The lowest BCUT2D eigenvalue weighted by Crippen LogP contribution is -2.24. The van der Waals surface area contributed by atoms with Gasteiger partial charge in [-0.3, -0.25) is 0 Å². The molecule has 0 aliphatic heterocycles. The van der Waals surface area contributed by atoms with Gasteiger partial charge in [-0.15, -0.1) is 0 Å². The molecular weight excluding hydrogens is 188 g/mol. The van der Waals surface area contributed by atoms with Gasteiger partial charge >= 0.3 is 0 Å². The van der Waals surface area contributed by atoms with Gasteiger partial charge in [0.25, 0.3) is 0 Å². The van der Waals surface area contributed by atoms with Crippen molar-refractivity contribution in [3.05, 3.63) is 36.5 Å². The Morgan fingerprint density at radius 1 is 0.933 bits per heavy atom. The molecule has 2 N–H and O–H groups in total. The zero-order valence-corrected chi connectivity index (χ0v) is 9.63. The summed E-state index contributed by atoms with van der Waals surface area (Å²) >= 11 is 0. The van der Waals surface area contributed by atoms with Gasteiger partial charge in [0.05, 0.1) is 12.2 Å². The van der Waals surface area contributed by atoms with E-state index >= 15 is 0 Å². The maximum atomic E-state index is 9.57. The molecule has 0 heterocycles. The van der Waals surface area contributed by atoms with E-state index in [1.807, 2.05) is 50.3 Å². The second kappa shape index (κ2) is 9.69. The highest BCUT2D eigenvalue weighted by Gasteiger charge is 2.13. The van der Waals surface area contributed by atoms with Crippen molar-refractivity contribution < 1.29 is 10.2 Å². The van der Waals surface area contributed by atoms with E-state index in [9.17, 15) is 10.2 Å². The first-order chi connectivity index (χ1) is 7.22. The van der Waals surface area contributed by atoms with E-state index in [1.54, 1.807) is 0 Å². The molecule has 0 aromatic carbocycles. The van der Waals surface area contributed by atoms with E-state index in [0.29, 0.717) is 12.8 Å². The molecule has 15 heavy (non-hydrogen) atoms. The number of hydrogen-bond donors (Lipinski definition) is 2. The highest BCUT2D eigenvalue weighted by Crippen LogP contribution is 2.07. The van der Waals surface area contributed by atoms with Crippen LogP contribution in [0.25, 0.3) is 0 Å². The van der Waals surface area contributed by atoms with Gasteiger partial charge in [0.1, 0.15) is 0 Å². The van der Waals surface area contributed by atoms with E-state index in [1.165, 1.54) is 0 Å². The molecule has 0 spiro atoms. The molecule has 0 unspecified atom stereocenters. The van der Waals surface area contributed by atoms with Gasteiger partial charge < -0.3 is 10.2 Å². The molecule has 0 radical (unpaired) electrons. The minimum atomic E-state index is -0.656. The molecule has 2 nitrogen and oxygen atoms in total. The molecule has 2 heteroatoms. The largest absolute Gasteiger partial charge is 0.390 e. The molecule has 0 aliphatic carbocycles. The molecule has 0 aromatic rings. The minimum absolute atomic E-state index is 0.501. The Balaban J connectivity index is 3.72. The van der Waals surface area contributed by atoms with E-state index in [4.69, 9.17) is 0 Å². The standard InChI is InChI=1S/C13H22O2/c1-3-5-7-9-11-13(15)12(14)10-8-6-4-2/h3-7,9,12-15H,8,10-11H2,1-2H3/b5-3+,6-4+,9-7+/t12-,13+/m0/s1. The van der Waals surface area contributed by atoms with Gasteiger partial charge in [-0.05, 0) is 33.1 Å². The van der Waals surface area contributed by atoms with Crippen LogP contribution in [0.15, 0.2) is 36.5 Å². The molecule has 0 fully saturated rings. The summed E-state index contributed by atoms with van der Waals surface area (Å²) in [6.45, 7) is 3.88. The smallest absolute Gasteiger partial charge is 0.0833 e. The lowest BCUT2D eigenvalue weighted by atomic mass is 10.1. The fourth-order valence-corrected chi connectivity index (χ4v) is 1.19. The van der Waals surface area contributed by atoms with Crippen LogP contribution in [-0.2, 0) is 0 Å². The van der Waals surface area contributed by atoms with E-state index < -0.39 is 12.2 Å². The van der Waals surface area contributed by atoms with Crippen LogP contribution in [-0.4, -0.2) is 22.4 Å². The molecule has 0 bridgehead atoms. The lowest BCUT2D eigenvalue weighted by Gasteiger charge is -2.15. The van der Waals surface area contributed by atoms with Crippen LogP contribution in [0.1, 0.15) is 33.1 Å². The highest BCUT2D eigenvalue weighted by molar-refractivity contribution is 5.01. The zero-order valence-electron chi connectivity index (χ0n) is 9.63. The average molecular weight is 210 g/mol. The summed E-state index contributed by atoms with van der Waals surface area (Å²) in [7, 11) is 0. The molecule has 0 rings (SSSR count). The first-order valence-corrected chi connectivity index (χ1v) is 5.47. The van der Waals surface area contributed by atoms with Gasteiger partial charge in [-0.2, -0.15) is 0 Å². The Labute approximate surface area is 92.6 Å². The average Bonchev–Trinajstić information content (AvgIpc) is 2.24. The van der Waals surface area contributed by atoms with E-state index in [2.05, 4.69) is 0 Å². The van der Waals surface area contributed by atoms with Crippen molar-refractivity contribution in [3.8, 4) is 0 Å². The predicted octanol–water partition coefficient (Wildman–Crippen LogP) is 2.59. The van der Waals surface area contributed by atoms with Crippen LogP contribution >= 0.6 is 0 Å². The molecule has 0 saturated carbocycles. The van der Waals surface area contributed by atoms with Crippen LogP contribution in [0.2, 0.25) is 0 Å². The summed E-state index contributed by atoms with van der Waals surface area (Å²) in [6, 6.07) is 0. The lowest BCUT2D eigenvalue weighted by molar-refractivity contribution is 0.0174. The van der Waals surface area contributed by atoms with Crippen molar-refractivity contribution in [2.24, 2.45) is 0 Å². The monoisotopic (exact) mass is 210 g/mol. The van der Waals surface area contributed by atoms with Crippen LogP contribution in [0.5, 0.6) is 0 Å². The third kappa shape index (κ3) is 8.16. The second-order valence-electron chi connectivity index (χ2n) is 3.47. The van der Waals surface area contributed by atoms with Crippen molar-refractivity contribution in [3.63, 3.8) is 0 Å². The predicted molar refractivity (Wildman–Crippen MR) is 64.6 cm³/mol. The van der Waals surface area contributed by atoms with Crippen LogP contribution in [0.4, 0.5) is 0 Å². The van der Waals surface area contributed by atoms with Crippen molar-refractivity contribution in [2.45, 2.75) is 45.3 Å². The quantitative estimate of drug-likeness (QED) is 0.501. The molecule has 0 aliphatic rings. The summed E-state index contributed by atoms with van der Waals surface area (Å²) in [5.41, 5.74) is 0. The Kier molecular flexibility index (Phi) is 9.13. The van der Waals surface area contributed by atoms with Crippen molar-refractivity contribution in [1.29, 1.82) is 0 Å². The molecule has 2 atom stereocenters. The normalized spacial score (nSPS) is 16.8. The number of aliphatic hydroxyl groups excluding tert-OH is 2. The Morgan fingerprint density at radius 3 is 2.27 bits per heavy atom. The van der Waals surface area contributed by atoms with Crippen LogP contribution in [0.3, 0.4) is 0 Å². The summed E-state index contributed by atoms with van der Waals surface area (Å²) < 4.78 is 0. The molecule has 0 aromatic heterocycles. The Morgan fingerprint density at radius 2 is 1.67 bits per heavy atom. The summed E-state index contributed by atoms with van der Waals surface area (Å²) in [4.78, 5) is 0. The third-order valence-corrected chi connectivity index (χ3v) is 2.13. The topological polar surface area (TPSA) is 40.5 Å². The summed E-state index contributed by atoms with van der Waals surface area (Å²) in [6.07, 6.45) is 12.2. The van der Waals surface area contributed by atoms with Crippen LogP contribution < -0.4 is 0 Å². The van der Waals surface area contributed by atoms with Crippen molar-refractivity contribution in [1.82, 2.24) is 0 Å². The fraction of sp³-hybridized carbons (Fsp3) is 0.538. The first-order valence-electron chi connectivity index (χ1n) is 5.47. The van der Waals surface area contributed by atoms with Crippen molar-refractivity contribution >= 4 is 0 Å². The SMILES string of the molecule is C/C=C/C=C/C[C@@H](O)[C@@H](O)CC/C=C/C. The maximum Gasteiger partial charge on any atom is 0.0833 e. The molecule has 0 amide bonds. The number of aliphatic hydroxyl groups is 2. The molecule has 86 valence electrons. The fourth-order valence-electron chi connectivity index (χ4n) is 1.19. The summed E-state index contributed by atoms with van der Waals surface area (Å²) in [5, 5.41) is 19.1. The van der Waals surface area contributed by atoms with Gasteiger partial charge in [0.2, 0.25) is 0 Å². The molecular formula is C13H22O2. The van der Waals surface area contributed by atoms with Gasteiger partial charge in [-0.1, -0.05) is 36.5 Å². The number of allylic oxidation sites excluding steroid dienone is 5. The van der Waals surface area contributed by atoms with Gasteiger partial charge in [0.15, 0.2) is 0 Å². The van der Waals surface area contributed by atoms with Gasteiger partial charge in [-0.25, -0.2) is 0 Å². The van der Waals surface area contributed by atoms with E-state index in [0.717, 1.165) is 6.42 Å². The van der Waals surface area contributed by atoms with Gasteiger partial charge in [0, 0.05) is 0 Å². The van der Waals surface area contributed by atoms with E-state index in [-0.39, 0.29) is 0 Å². The Hall–Kier alpha value is -0.860. The summed E-state index contributed by atoms with van der Waals surface area (Å²) in [5.74, 6) is 0. The maximum absolute atomic E-state index is 9.57. The highest BCUT2D eigenvalue weighted by atomic mass is 16.3. The van der Waals surface area contributed by atoms with Crippen LogP contribution in [0, 0.1) is 0 Å².